The molecule has 6 heteroatoms. The zero-order chi connectivity index (χ0) is 11.4. The van der Waals surface area contributed by atoms with E-state index < -0.39 is 7.87 Å². The predicted octanol–water partition coefficient (Wildman–Crippen LogP) is 0.619. The van der Waals surface area contributed by atoms with Gasteiger partial charge in [0.05, 0.1) is 0 Å². The topological polar surface area (TPSA) is 48.3 Å². The molecule has 0 atom stereocenters. The summed E-state index contributed by atoms with van der Waals surface area (Å²) in [7, 11) is 6.17. The summed E-state index contributed by atoms with van der Waals surface area (Å²) in [6, 6.07) is 0. The van der Waals surface area contributed by atoms with E-state index >= 15 is 0 Å². The van der Waals surface area contributed by atoms with Crippen LogP contribution in [0, 0.1) is 0 Å². The van der Waals surface area contributed by atoms with Crippen molar-refractivity contribution in [3.05, 3.63) is 0 Å². The zero-order valence-corrected chi connectivity index (χ0v) is 10.9. The minimum absolute atomic E-state index is 0.550. The normalized spacial score (nSPS) is 12.2. The molecule has 0 aromatic carbocycles. The summed E-state index contributed by atoms with van der Waals surface area (Å²) in [6.07, 6.45) is 0.550. The predicted molar refractivity (Wildman–Crippen MR) is 62.9 cm³/mol. The van der Waals surface area contributed by atoms with Gasteiger partial charge in [-0.3, -0.25) is 0 Å². The Morgan fingerprint density at radius 1 is 1.29 bits per heavy atom. The van der Waals surface area contributed by atoms with Gasteiger partial charge in [0, 0.05) is 0 Å². The van der Waals surface area contributed by atoms with Crippen molar-refractivity contribution in [2.75, 3.05) is 41.5 Å². The molecule has 0 heterocycles. The first-order chi connectivity index (χ1) is 6.36. The van der Waals surface area contributed by atoms with Crippen molar-refractivity contribution in [1.29, 1.82) is 0 Å². The van der Waals surface area contributed by atoms with Gasteiger partial charge in [0.1, 0.15) is 0 Å². The molecule has 86 valence electrons. The van der Waals surface area contributed by atoms with Gasteiger partial charge in [-0.2, -0.15) is 0 Å². The molecule has 0 saturated heterocycles. The van der Waals surface area contributed by atoms with Gasteiger partial charge in [0.25, 0.3) is 0 Å². The average Bonchev–Trinajstić information content (AvgIpc) is 2.13. The molecule has 0 aliphatic heterocycles. The number of rotatable bonds is 3. The molecule has 0 aromatic heterocycles. The third kappa shape index (κ3) is 3.78. The Bertz CT molecular complexity index is 193. The van der Waals surface area contributed by atoms with Crippen LogP contribution >= 0.6 is 7.87 Å². The van der Waals surface area contributed by atoms with E-state index in [4.69, 9.17) is 4.52 Å². The third-order valence-corrected chi connectivity index (χ3v) is 3.99. The van der Waals surface area contributed by atoms with Crippen LogP contribution in [0.3, 0.4) is 0 Å². The van der Waals surface area contributed by atoms with Crippen molar-refractivity contribution in [2.45, 2.75) is 6.92 Å². The Balaban J connectivity index is 4.88. The first kappa shape index (κ1) is 13.6. The molecule has 0 amide bonds. The molecule has 0 radical (unpaired) electrons. The summed E-state index contributed by atoms with van der Waals surface area (Å²) in [5.74, 6) is 0.725. The third-order valence-electron chi connectivity index (χ3n) is 1.86. The van der Waals surface area contributed by atoms with Crippen molar-refractivity contribution in [3.8, 4) is 0 Å². The first-order valence-electron chi connectivity index (χ1n) is 4.58. The Labute approximate surface area is 86.9 Å². The van der Waals surface area contributed by atoms with Crippen molar-refractivity contribution in [2.24, 2.45) is 4.76 Å². The van der Waals surface area contributed by atoms with E-state index in [1.165, 1.54) is 7.11 Å². The van der Waals surface area contributed by atoms with Crippen molar-refractivity contribution >= 4 is 13.8 Å². The van der Waals surface area contributed by atoms with Crippen LogP contribution in [0.5, 0.6) is 0 Å². The van der Waals surface area contributed by atoms with Gasteiger partial charge in [-0.15, -0.1) is 0 Å². The Morgan fingerprint density at radius 2 is 1.71 bits per heavy atom. The van der Waals surface area contributed by atoms with Gasteiger partial charge in [0.2, 0.25) is 0 Å². The molecule has 0 aliphatic carbocycles. The van der Waals surface area contributed by atoms with Crippen molar-refractivity contribution < 1.29 is 9.42 Å². The number of hydrogen-bond acceptors (Lipinski definition) is 3. The maximum absolute atomic E-state index is 9.97. The van der Waals surface area contributed by atoms with Gasteiger partial charge in [-0.1, -0.05) is 0 Å². The molecule has 0 aliphatic rings. The van der Waals surface area contributed by atoms with E-state index in [1.54, 1.807) is 0 Å². The standard InChI is InChI=1S/C8H22N3O2P/c1-7-14(12,13-6)9-8(10(2)3)11(4)5/h12,14H,7H2,1-6H3. The molecule has 0 fully saturated rings. The quantitative estimate of drug-likeness (QED) is 0.433. The number of hydrogen-bond donors (Lipinski definition) is 1. The van der Waals surface area contributed by atoms with E-state index in [0.717, 1.165) is 5.96 Å². The van der Waals surface area contributed by atoms with Gasteiger partial charge < -0.3 is 0 Å². The molecule has 0 spiro atoms. The molecular weight excluding hydrogens is 201 g/mol. The molecule has 5 nitrogen and oxygen atoms in total. The summed E-state index contributed by atoms with van der Waals surface area (Å²) >= 11 is 0. The fourth-order valence-corrected chi connectivity index (χ4v) is 2.28. The Morgan fingerprint density at radius 3 is 1.93 bits per heavy atom. The van der Waals surface area contributed by atoms with Crippen LogP contribution in [0.2, 0.25) is 0 Å². The second kappa shape index (κ2) is 5.49. The Kier molecular flexibility index (Phi) is 5.34. The van der Waals surface area contributed by atoms with Crippen molar-refractivity contribution in [3.63, 3.8) is 0 Å². The van der Waals surface area contributed by atoms with Crippen LogP contribution in [0.25, 0.3) is 0 Å². The first-order valence-corrected chi connectivity index (χ1v) is 6.59. The van der Waals surface area contributed by atoms with Gasteiger partial charge >= 0.3 is 86.2 Å². The van der Waals surface area contributed by atoms with E-state index in [0.29, 0.717) is 6.16 Å². The summed E-state index contributed by atoms with van der Waals surface area (Å²) in [5.41, 5.74) is 0. The van der Waals surface area contributed by atoms with Crippen LogP contribution in [0.4, 0.5) is 0 Å². The van der Waals surface area contributed by atoms with Crippen LogP contribution < -0.4 is 0 Å². The maximum atomic E-state index is 9.97. The summed E-state index contributed by atoms with van der Waals surface area (Å²) in [6.45, 7) is 1.88. The van der Waals surface area contributed by atoms with Crippen LogP contribution in [0.1, 0.15) is 6.92 Å². The fraction of sp³-hybridized carbons (Fsp3) is 0.875. The van der Waals surface area contributed by atoms with Crippen LogP contribution in [-0.4, -0.2) is 62.1 Å². The number of guanidine groups is 1. The van der Waals surface area contributed by atoms with Gasteiger partial charge in [-0.05, 0) is 0 Å². The van der Waals surface area contributed by atoms with Crippen LogP contribution in [0.15, 0.2) is 4.76 Å². The average molecular weight is 223 g/mol. The van der Waals surface area contributed by atoms with Crippen LogP contribution in [-0.2, 0) is 4.52 Å². The Hall–Kier alpha value is -0.380. The summed E-state index contributed by atoms with van der Waals surface area (Å²) in [4.78, 5) is 13.7. The summed E-state index contributed by atoms with van der Waals surface area (Å²) < 4.78 is 9.36. The van der Waals surface area contributed by atoms with Crippen molar-refractivity contribution in [1.82, 2.24) is 9.80 Å². The van der Waals surface area contributed by atoms with E-state index in [-0.39, 0.29) is 0 Å². The zero-order valence-electron chi connectivity index (χ0n) is 9.90. The van der Waals surface area contributed by atoms with Gasteiger partial charge in [-0.25, -0.2) is 0 Å². The molecule has 0 rings (SSSR count). The molecule has 0 unspecified atom stereocenters. The van der Waals surface area contributed by atoms with E-state index in [1.807, 2.05) is 44.9 Å². The van der Waals surface area contributed by atoms with E-state index in [9.17, 15) is 4.89 Å². The number of nitrogens with zero attached hydrogens (tertiary/aromatic N) is 3. The molecule has 0 aromatic rings. The molecule has 1 N–H and O–H groups in total. The van der Waals surface area contributed by atoms with Gasteiger partial charge in [0.15, 0.2) is 0 Å². The van der Waals surface area contributed by atoms with E-state index in [2.05, 4.69) is 4.76 Å². The minimum atomic E-state index is -2.88. The second-order valence-electron chi connectivity index (χ2n) is 3.50. The fourth-order valence-electron chi connectivity index (χ4n) is 1.03. The monoisotopic (exact) mass is 223 g/mol. The molecule has 14 heavy (non-hydrogen) atoms. The molecule has 0 bridgehead atoms. The summed E-state index contributed by atoms with van der Waals surface area (Å²) in [5, 5.41) is 0. The SMILES string of the molecule is CC[PH](O)(N=C(N(C)C)N(C)C)OC. The molecular formula is C8H22N3O2P. The second-order valence-corrected chi connectivity index (χ2v) is 6.33. The molecule has 0 saturated carbocycles.